The van der Waals surface area contributed by atoms with Crippen LogP contribution < -0.4 is 5.32 Å². The molecule has 0 unspecified atom stereocenters. The minimum Gasteiger partial charge on any atom is -0.383 e. The number of methoxy groups -OCH3 is 1. The number of rotatable bonds is 7. The van der Waals surface area contributed by atoms with E-state index in [2.05, 4.69) is 15.3 Å². The molecular weight excluding hydrogens is 294 g/mol. The van der Waals surface area contributed by atoms with Gasteiger partial charge in [0, 0.05) is 42.5 Å². The zero-order valence-corrected chi connectivity index (χ0v) is 12.7. The molecule has 6 heteroatoms. The van der Waals surface area contributed by atoms with Gasteiger partial charge in [0.05, 0.1) is 6.61 Å². The zero-order valence-electron chi connectivity index (χ0n) is 11.2. The van der Waals surface area contributed by atoms with Crippen molar-refractivity contribution in [1.82, 2.24) is 15.3 Å². The van der Waals surface area contributed by atoms with Gasteiger partial charge in [-0.15, -0.1) is 0 Å². The number of hydrogen-bond donors (Lipinski definition) is 1. The second-order valence-electron chi connectivity index (χ2n) is 4.06. The maximum atomic E-state index is 6.07. The molecule has 0 saturated heterocycles. The van der Waals surface area contributed by atoms with Crippen molar-refractivity contribution in [2.24, 2.45) is 0 Å². The van der Waals surface area contributed by atoms with Gasteiger partial charge in [-0.25, -0.2) is 9.97 Å². The molecule has 1 N–H and O–H groups in total. The van der Waals surface area contributed by atoms with Crippen molar-refractivity contribution >= 4 is 23.4 Å². The highest BCUT2D eigenvalue weighted by atomic mass is 35.5. The minimum atomic E-state index is 0.692. The van der Waals surface area contributed by atoms with E-state index in [1.807, 2.05) is 18.2 Å². The largest absolute Gasteiger partial charge is 0.383 e. The van der Waals surface area contributed by atoms with Crippen molar-refractivity contribution in [3.8, 4) is 0 Å². The zero-order chi connectivity index (χ0) is 14.2. The van der Waals surface area contributed by atoms with Gasteiger partial charge in [0.2, 0.25) is 0 Å². The fourth-order valence-corrected chi connectivity index (χ4v) is 2.72. The van der Waals surface area contributed by atoms with Crippen molar-refractivity contribution in [3.05, 3.63) is 47.2 Å². The molecule has 0 atom stereocenters. The van der Waals surface area contributed by atoms with E-state index in [4.69, 9.17) is 16.3 Å². The number of aromatic nitrogens is 2. The lowest BCUT2D eigenvalue weighted by molar-refractivity contribution is 0.199. The van der Waals surface area contributed by atoms with Gasteiger partial charge in [0.25, 0.3) is 0 Å². The lowest BCUT2D eigenvalue weighted by Crippen LogP contribution is -2.18. The average molecular weight is 310 g/mol. The summed E-state index contributed by atoms with van der Waals surface area (Å²) >= 11 is 7.59. The molecule has 0 spiro atoms. The van der Waals surface area contributed by atoms with Crippen LogP contribution in [0, 0.1) is 0 Å². The molecule has 2 aromatic rings. The van der Waals surface area contributed by atoms with Crippen LogP contribution in [0.3, 0.4) is 0 Å². The fraction of sp³-hybridized carbons (Fsp3) is 0.286. The summed E-state index contributed by atoms with van der Waals surface area (Å²) in [5, 5.41) is 4.75. The minimum absolute atomic E-state index is 0.692. The van der Waals surface area contributed by atoms with Crippen molar-refractivity contribution < 1.29 is 4.74 Å². The van der Waals surface area contributed by atoms with Crippen molar-refractivity contribution in [3.63, 3.8) is 0 Å². The number of hydrogen-bond acceptors (Lipinski definition) is 5. The molecule has 1 heterocycles. The van der Waals surface area contributed by atoms with E-state index in [1.54, 1.807) is 25.6 Å². The quantitative estimate of drug-likeness (QED) is 0.629. The number of halogens is 1. The summed E-state index contributed by atoms with van der Waals surface area (Å²) in [4.78, 5) is 9.51. The monoisotopic (exact) mass is 309 g/mol. The fourth-order valence-electron chi connectivity index (χ4n) is 1.60. The van der Waals surface area contributed by atoms with Gasteiger partial charge < -0.3 is 10.1 Å². The Morgan fingerprint density at radius 1 is 1.30 bits per heavy atom. The Kier molecular flexibility index (Phi) is 6.26. The van der Waals surface area contributed by atoms with E-state index in [-0.39, 0.29) is 0 Å². The van der Waals surface area contributed by atoms with Crippen LogP contribution in [-0.2, 0) is 11.3 Å². The number of ether oxygens (including phenoxy) is 1. The molecule has 20 heavy (non-hydrogen) atoms. The summed E-state index contributed by atoms with van der Waals surface area (Å²) in [6.07, 6.45) is 3.47. The summed E-state index contributed by atoms with van der Waals surface area (Å²) in [6, 6.07) is 7.66. The van der Waals surface area contributed by atoms with Crippen LogP contribution >= 0.6 is 23.4 Å². The van der Waals surface area contributed by atoms with Gasteiger partial charge in [0.1, 0.15) is 0 Å². The van der Waals surface area contributed by atoms with Gasteiger partial charge >= 0.3 is 0 Å². The van der Waals surface area contributed by atoms with Crippen LogP contribution in [0.15, 0.2) is 46.7 Å². The van der Waals surface area contributed by atoms with Crippen molar-refractivity contribution in [2.45, 2.75) is 16.6 Å². The summed E-state index contributed by atoms with van der Waals surface area (Å²) in [5.74, 6) is 0. The second kappa shape index (κ2) is 8.21. The third-order valence-electron chi connectivity index (χ3n) is 2.57. The van der Waals surface area contributed by atoms with Crippen LogP contribution in [0.25, 0.3) is 0 Å². The van der Waals surface area contributed by atoms with Crippen LogP contribution in [-0.4, -0.2) is 30.2 Å². The highest BCUT2D eigenvalue weighted by molar-refractivity contribution is 7.99. The summed E-state index contributed by atoms with van der Waals surface area (Å²) in [7, 11) is 1.69. The molecule has 4 nitrogen and oxygen atoms in total. The van der Waals surface area contributed by atoms with Crippen LogP contribution in [0.2, 0.25) is 5.02 Å². The third-order valence-corrected chi connectivity index (χ3v) is 3.80. The molecule has 1 aromatic carbocycles. The normalized spacial score (nSPS) is 10.7. The van der Waals surface area contributed by atoms with Gasteiger partial charge in [-0.3, -0.25) is 0 Å². The molecule has 0 bridgehead atoms. The molecular formula is C14H16ClN3OS. The van der Waals surface area contributed by atoms with E-state index in [9.17, 15) is 0 Å². The van der Waals surface area contributed by atoms with Crippen LogP contribution in [0.4, 0.5) is 0 Å². The maximum absolute atomic E-state index is 6.07. The van der Waals surface area contributed by atoms with Crippen molar-refractivity contribution in [1.29, 1.82) is 0 Å². The number of benzene rings is 1. The van der Waals surface area contributed by atoms with Gasteiger partial charge in [-0.05, 0) is 35.5 Å². The molecule has 2 rings (SSSR count). The van der Waals surface area contributed by atoms with E-state index in [0.717, 1.165) is 18.0 Å². The van der Waals surface area contributed by atoms with E-state index < -0.39 is 0 Å². The molecule has 0 saturated carbocycles. The summed E-state index contributed by atoms with van der Waals surface area (Å²) in [6.45, 7) is 2.26. The second-order valence-corrected chi connectivity index (χ2v) is 5.50. The third kappa shape index (κ3) is 4.76. The standard InChI is InChI=1S/C14H16ClN3OS/c1-19-8-7-16-10-11-3-4-12(15)9-13(11)20-14-17-5-2-6-18-14/h2-6,9,16H,7-8,10H2,1H3. The van der Waals surface area contributed by atoms with Gasteiger partial charge in [-0.2, -0.15) is 0 Å². The van der Waals surface area contributed by atoms with E-state index in [1.165, 1.54) is 17.3 Å². The molecule has 0 amide bonds. The van der Waals surface area contributed by atoms with Crippen LogP contribution in [0.5, 0.6) is 0 Å². The highest BCUT2D eigenvalue weighted by Crippen LogP contribution is 2.30. The SMILES string of the molecule is COCCNCc1ccc(Cl)cc1Sc1ncccn1. The Hall–Kier alpha value is -1.14. The molecule has 0 radical (unpaired) electrons. The van der Waals surface area contributed by atoms with Crippen LogP contribution in [0.1, 0.15) is 5.56 Å². The van der Waals surface area contributed by atoms with E-state index in [0.29, 0.717) is 16.8 Å². The van der Waals surface area contributed by atoms with Gasteiger partial charge in [-0.1, -0.05) is 17.7 Å². The molecule has 106 valence electrons. The molecule has 0 aliphatic rings. The first-order valence-corrected chi connectivity index (χ1v) is 7.42. The average Bonchev–Trinajstić information content (AvgIpc) is 2.47. The predicted octanol–water partition coefficient (Wildman–Crippen LogP) is 3.02. The first-order chi connectivity index (χ1) is 9.79. The van der Waals surface area contributed by atoms with Crippen molar-refractivity contribution in [2.75, 3.05) is 20.3 Å². The molecule has 0 fully saturated rings. The number of nitrogens with zero attached hydrogens (tertiary/aromatic N) is 2. The topological polar surface area (TPSA) is 47.0 Å². The molecule has 0 aliphatic carbocycles. The number of nitrogens with one attached hydrogen (secondary N) is 1. The first-order valence-electron chi connectivity index (χ1n) is 6.22. The Labute approximate surface area is 127 Å². The first kappa shape index (κ1) is 15.3. The lowest BCUT2D eigenvalue weighted by Gasteiger charge is -2.10. The maximum Gasteiger partial charge on any atom is 0.192 e. The Morgan fingerprint density at radius 3 is 2.85 bits per heavy atom. The Balaban J connectivity index is 2.07. The Morgan fingerprint density at radius 2 is 2.10 bits per heavy atom. The molecule has 0 aliphatic heterocycles. The predicted molar refractivity (Wildman–Crippen MR) is 81.2 cm³/mol. The van der Waals surface area contributed by atoms with Gasteiger partial charge in [0.15, 0.2) is 5.16 Å². The van der Waals surface area contributed by atoms with E-state index >= 15 is 0 Å². The summed E-state index contributed by atoms with van der Waals surface area (Å²) in [5.41, 5.74) is 1.17. The summed E-state index contributed by atoms with van der Waals surface area (Å²) < 4.78 is 5.02. The highest BCUT2D eigenvalue weighted by Gasteiger charge is 2.07. The lowest BCUT2D eigenvalue weighted by atomic mass is 10.2. The smallest absolute Gasteiger partial charge is 0.192 e. The molecule has 1 aromatic heterocycles. The Bertz CT molecular complexity index is 539.